The molecule has 1 saturated heterocycles. The summed E-state index contributed by atoms with van der Waals surface area (Å²) >= 11 is 0. The maximum Gasteiger partial charge on any atom is 0.273 e. The van der Waals surface area contributed by atoms with Gasteiger partial charge in [0.2, 0.25) is 0 Å². The number of morpholine rings is 1. The molecule has 1 unspecified atom stereocenters. The summed E-state index contributed by atoms with van der Waals surface area (Å²) in [5, 5.41) is 17.3. The number of phenolic OH excluding ortho intramolecular Hbond substituents is 1. The van der Waals surface area contributed by atoms with E-state index in [1.807, 2.05) is 47.4 Å². The molecule has 7 nitrogen and oxygen atoms in total. The highest BCUT2D eigenvalue weighted by Crippen LogP contribution is 2.43. The van der Waals surface area contributed by atoms with E-state index in [-0.39, 0.29) is 17.7 Å². The lowest BCUT2D eigenvalue weighted by molar-refractivity contribution is 0.0354. The normalized spacial score (nSPS) is 19.0. The van der Waals surface area contributed by atoms with E-state index in [4.69, 9.17) is 4.74 Å². The summed E-state index contributed by atoms with van der Waals surface area (Å²) in [5.41, 5.74) is 4.22. The van der Waals surface area contributed by atoms with Gasteiger partial charge in [-0.1, -0.05) is 42.5 Å². The molecule has 3 heterocycles. The zero-order valence-corrected chi connectivity index (χ0v) is 17.3. The van der Waals surface area contributed by atoms with E-state index >= 15 is 0 Å². The van der Waals surface area contributed by atoms with Crippen LogP contribution in [0.5, 0.6) is 5.75 Å². The van der Waals surface area contributed by atoms with E-state index in [0.29, 0.717) is 12.2 Å². The largest absolute Gasteiger partial charge is 0.508 e. The number of aromatic amines is 1. The van der Waals surface area contributed by atoms with Gasteiger partial charge in [0.05, 0.1) is 24.9 Å². The molecule has 0 spiro atoms. The minimum Gasteiger partial charge on any atom is -0.508 e. The third kappa shape index (κ3) is 3.82. The van der Waals surface area contributed by atoms with E-state index in [0.717, 1.165) is 61.7 Å². The third-order valence-corrected chi connectivity index (χ3v) is 6.10. The van der Waals surface area contributed by atoms with Gasteiger partial charge in [-0.05, 0) is 24.1 Å². The van der Waals surface area contributed by atoms with Crippen LogP contribution in [0, 0.1) is 0 Å². The Morgan fingerprint density at radius 1 is 1.03 bits per heavy atom. The number of carbonyl (C=O) groups excluding carboxylic acids is 1. The molecule has 160 valence electrons. The zero-order valence-electron chi connectivity index (χ0n) is 17.3. The molecule has 31 heavy (non-hydrogen) atoms. The van der Waals surface area contributed by atoms with Crippen LogP contribution >= 0.6 is 0 Å². The van der Waals surface area contributed by atoms with Crippen LogP contribution in [0.15, 0.2) is 54.6 Å². The lowest BCUT2D eigenvalue weighted by atomic mass is 9.96. The Balaban J connectivity index is 1.46. The molecule has 3 aromatic rings. The van der Waals surface area contributed by atoms with Crippen LogP contribution in [0.4, 0.5) is 0 Å². The van der Waals surface area contributed by atoms with Gasteiger partial charge in [-0.15, -0.1) is 0 Å². The average molecular weight is 418 g/mol. The maximum absolute atomic E-state index is 13.3. The van der Waals surface area contributed by atoms with Gasteiger partial charge >= 0.3 is 0 Å². The van der Waals surface area contributed by atoms with Crippen molar-refractivity contribution < 1.29 is 14.6 Å². The fourth-order valence-electron chi connectivity index (χ4n) is 4.54. The standard InChI is InChI=1S/C24H26N4O3/c29-19-9-7-18(8-10-19)23-20-21(17-5-2-1-3-6-17)25-26-22(20)24(30)28(23)12-4-11-27-13-15-31-16-14-27/h1-3,5-10,23,29H,4,11-16H2,(H,25,26). The molecule has 1 fully saturated rings. The zero-order chi connectivity index (χ0) is 21.2. The molecule has 0 bridgehead atoms. The van der Waals surface area contributed by atoms with Gasteiger partial charge in [0, 0.05) is 37.3 Å². The number of fused-ring (bicyclic) bond motifs is 1. The van der Waals surface area contributed by atoms with Crippen molar-refractivity contribution >= 4 is 5.91 Å². The first-order chi connectivity index (χ1) is 15.2. The highest BCUT2D eigenvalue weighted by Gasteiger charge is 2.41. The number of aromatic nitrogens is 2. The maximum atomic E-state index is 13.3. The summed E-state index contributed by atoms with van der Waals surface area (Å²) in [6, 6.07) is 16.8. The van der Waals surface area contributed by atoms with E-state index < -0.39 is 0 Å². The molecule has 5 rings (SSSR count). The molecule has 2 aliphatic heterocycles. The van der Waals surface area contributed by atoms with Crippen LogP contribution < -0.4 is 0 Å². The molecule has 2 aromatic carbocycles. The van der Waals surface area contributed by atoms with Crippen LogP contribution in [0.25, 0.3) is 11.3 Å². The topological polar surface area (TPSA) is 81.7 Å². The van der Waals surface area contributed by atoms with Crippen molar-refractivity contribution in [1.82, 2.24) is 20.0 Å². The number of hydrogen-bond acceptors (Lipinski definition) is 5. The minimum atomic E-state index is -0.234. The summed E-state index contributed by atoms with van der Waals surface area (Å²) in [6.45, 7) is 5.02. The number of phenols is 1. The SMILES string of the molecule is O=C1c2[nH]nc(-c3ccccc3)c2C(c2ccc(O)cc2)N1CCCN1CCOCC1. The molecule has 1 aromatic heterocycles. The Labute approximate surface area is 181 Å². The number of ether oxygens (including phenoxy) is 1. The first kappa shape index (κ1) is 19.8. The van der Waals surface area contributed by atoms with E-state index in [2.05, 4.69) is 15.1 Å². The fraction of sp³-hybridized carbons (Fsp3) is 0.333. The smallest absolute Gasteiger partial charge is 0.273 e. The van der Waals surface area contributed by atoms with Gasteiger partial charge in [-0.2, -0.15) is 5.10 Å². The Hall–Kier alpha value is -3.16. The average Bonchev–Trinajstić information content (AvgIpc) is 3.35. The van der Waals surface area contributed by atoms with Crippen molar-refractivity contribution in [3.63, 3.8) is 0 Å². The molecule has 2 N–H and O–H groups in total. The molecule has 1 amide bonds. The lowest BCUT2D eigenvalue weighted by Gasteiger charge is -2.29. The highest BCUT2D eigenvalue weighted by atomic mass is 16.5. The molecule has 0 aliphatic carbocycles. The Morgan fingerprint density at radius 2 is 1.77 bits per heavy atom. The van der Waals surface area contributed by atoms with Gasteiger partial charge in [-0.3, -0.25) is 14.8 Å². The van der Waals surface area contributed by atoms with E-state index in [1.165, 1.54) is 0 Å². The van der Waals surface area contributed by atoms with Crippen LogP contribution in [-0.2, 0) is 4.74 Å². The van der Waals surface area contributed by atoms with Gasteiger partial charge in [-0.25, -0.2) is 0 Å². The van der Waals surface area contributed by atoms with E-state index in [1.54, 1.807) is 12.1 Å². The Morgan fingerprint density at radius 3 is 2.52 bits per heavy atom. The predicted molar refractivity (Wildman–Crippen MR) is 117 cm³/mol. The van der Waals surface area contributed by atoms with Crippen molar-refractivity contribution in [3.05, 3.63) is 71.4 Å². The Kier molecular flexibility index (Phi) is 5.44. The number of H-pyrrole nitrogens is 1. The molecular weight excluding hydrogens is 392 g/mol. The first-order valence-electron chi connectivity index (χ1n) is 10.8. The number of carbonyl (C=O) groups is 1. The Bertz CT molecular complexity index is 1040. The molecule has 0 radical (unpaired) electrons. The summed E-state index contributed by atoms with van der Waals surface area (Å²) in [6.07, 6.45) is 0.888. The van der Waals surface area contributed by atoms with Crippen molar-refractivity contribution in [3.8, 4) is 17.0 Å². The minimum absolute atomic E-state index is 0.0234. The number of rotatable bonds is 6. The number of amides is 1. The number of nitrogens with zero attached hydrogens (tertiary/aromatic N) is 3. The monoisotopic (exact) mass is 418 g/mol. The summed E-state index contributed by atoms with van der Waals surface area (Å²) in [7, 11) is 0. The van der Waals surface area contributed by atoms with E-state index in [9.17, 15) is 9.90 Å². The number of hydrogen-bond donors (Lipinski definition) is 2. The van der Waals surface area contributed by atoms with Gasteiger partial charge in [0.15, 0.2) is 0 Å². The van der Waals surface area contributed by atoms with Crippen molar-refractivity contribution in [2.75, 3.05) is 39.4 Å². The van der Waals surface area contributed by atoms with Crippen molar-refractivity contribution in [1.29, 1.82) is 0 Å². The summed E-state index contributed by atoms with van der Waals surface area (Å²) in [4.78, 5) is 17.7. The summed E-state index contributed by atoms with van der Waals surface area (Å²) in [5.74, 6) is 0.187. The lowest BCUT2D eigenvalue weighted by Crippen LogP contribution is -2.38. The number of aromatic hydroxyl groups is 1. The van der Waals surface area contributed by atoms with Crippen LogP contribution in [0.2, 0.25) is 0 Å². The van der Waals surface area contributed by atoms with Gasteiger partial charge in [0.25, 0.3) is 5.91 Å². The van der Waals surface area contributed by atoms with Gasteiger partial charge < -0.3 is 14.7 Å². The first-order valence-corrected chi connectivity index (χ1v) is 10.8. The molecule has 2 aliphatic rings. The van der Waals surface area contributed by atoms with Crippen LogP contribution in [0.1, 0.15) is 34.1 Å². The van der Waals surface area contributed by atoms with Gasteiger partial charge in [0.1, 0.15) is 11.4 Å². The molecular formula is C24H26N4O3. The predicted octanol–water partition coefficient (Wildman–Crippen LogP) is 3.05. The van der Waals surface area contributed by atoms with Crippen LogP contribution in [-0.4, -0.2) is 70.4 Å². The quantitative estimate of drug-likeness (QED) is 0.643. The second-order valence-corrected chi connectivity index (χ2v) is 8.03. The van der Waals surface area contributed by atoms with Crippen LogP contribution in [0.3, 0.4) is 0 Å². The van der Waals surface area contributed by atoms with Crippen molar-refractivity contribution in [2.24, 2.45) is 0 Å². The number of nitrogens with one attached hydrogen (secondary N) is 1. The second-order valence-electron chi connectivity index (χ2n) is 8.03. The van der Waals surface area contributed by atoms with Crippen molar-refractivity contribution in [2.45, 2.75) is 12.5 Å². The second kappa shape index (κ2) is 8.53. The molecule has 7 heteroatoms. The third-order valence-electron chi connectivity index (χ3n) is 6.10. The molecule has 0 saturated carbocycles. The molecule has 1 atom stereocenters. The summed E-state index contributed by atoms with van der Waals surface area (Å²) < 4.78 is 5.43. The highest BCUT2D eigenvalue weighted by molar-refractivity contribution is 6.00. The fourth-order valence-corrected chi connectivity index (χ4v) is 4.54. The number of benzene rings is 2.